The molecule has 0 amide bonds. The molecular formula is C17H20N2O2. The summed E-state index contributed by atoms with van der Waals surface area (Å²) in [6.45, 7) is 1.83. The second kappa shape index (κ2) is 5.56. The van der Waals surface area contributed by atoms with Crippen LogP contribution in [0.25, 0.3) is 0 Å². The van der Waals surface area contributed by atoms with Gasteiger partial charge >= 0.3 is 0 Å². The highest BCUT2D eigenvalue weighted by Crippen LogP contribution is 2.30. The van der Waals surface area contributed by atoms with Crippen LogP contribution in [0.2, 0.25) is 0 Å². The molecule has 110 valence electrons. The lowest BCUT2D eigenvalue weighted by Crippen LogP contribution is -2.12. The summed E-state index contributed by atoms with van der Waals surface area (Å²) in [5.41, 5.74) is 4.88. The molecule has 0 bridgehead atoms. The van der Waals surface area contributed by atoms with Gasteiger partial charge in [0.2, 0.25) is 0 Å². The van der Waals surface area contributed by atoms with Crippen LogP contribution in [-0.2, 0) is 13.0 Å². The minimum atomic E-state index is 0.151. The summed E-state index contributed by atoms with van der Waals surface area (Å²) in [6, 6.07) is 11.9. The minimum absolute atomic E-state index is 0.151. The molecule has 0 saturated heterocycles. The highest BCUT2D eigenvalue weighted by Gasteiger charge is 2.15. The van der Waals surface area contributed by atoms with Gasteiger partial charge < -0.3 is 20.1 Å². The van der Waals surface area contributed by atoms with Crippen molar-refractivity contribution in [3.05, 3.63) is 47.5 Å². The lowest BCUT2D eigenvalue weighted by molar-refractivity contribution is 0.373. The normalized spacial score (nSPS) is 13.1. The predicted molar refractivity (Wildman–Crippen MR) is 85.4 cm³/mol. The summed E-state index contributed by atoms with van der Waals surface area (Å²) < 4.78 is 5.04. The number of anilines is 2. The Hall–Kier alpha value is -2.36. The van der Waals surface area contributed by atoms with Gasteiger partial charge in [0, 0.05) is 37.6 Å². The monoisotopic (exact) mass is 284 g/mol. The third-order valence-electron chi connectivity index (χ3n) is 3.95. The molecule has 2 aromatic rings. The Morgan fingerprint density at radius 1 is 1.24 bits per heavy atom. The molecule has 0 aromatic heterocycles. The number of fused-ring (bicyclic) bond motifs is 1. The number of likely N-dealkylation sites (N-methyl/N-ethyl adjacent to an activating group) is 1. The number of nitrogens with one attached hydrogen (secondary N) is 1. The van der Waals surface area contributed by atoms with Crippen LogP contribution in [0.4, 0.5) is 11.4 Å². The van der Waals surface area contributed by atoms with E-state index in [1.54, 1.807) is 19.2 Å². The first-order chi connectivity index (χ1) is 10.2. The van der Waals surface area contributed by atoms with Crippen molar-refractivity contribution in [2.45, 2.75) is 13.0 Å². The van der Waals surface area contributed by atoms with Crippen LogP contribution in [0, 0.1) is 0 Å². The van der Waals surface area contributed by atoms with Crippen LogP contribution in [0.15, 0.2) is 36.4 Å². The Morgan fingerprint density at radius 3 is 2.86 bits per heavy atom. The van der Waals surface area contributed by atoms with Gasteiger partial charge in [-0.1, -0.05) is 12.1 Å². The topological polar surface area (TPSA) is 44.7 Å². The molecule has 3 rings (SSSR count). The second-order valence-electron chi connectivity index (χ2n) is 5.37. The largest absolute Gasteiger partial charge is 0.504 e. The van der Waals surface area contributed by atoms with Crippen LogP contribution in [0.1, 0.15) is 11.1 Å². The SMILES string of the molecule is COc1ccc(NCc2ccc3c(c2)CCN3C)cc1O. The van der Waals surface area contributed by atoms with Gasteiger partial charge in [0.1, 0.15) is 0 Å². The maximum atomic E-state index is 9.77. The molecule has 4 heteroatoms. The smallest absolute Gasteiger partial charge is 0.160 e. The number of methoxy groups -OCH3 is 1. The fourth-order valence-electron chi connectivity index (χ4n) is 2.73. The van der Waals surface area contributed by atoms with Crippen molar-refractivity contribution in [1.29, 1.82) is 0 Å². The standard InChI is InChI=1S/C17H20N2O2/c1-19-8-7-13-9-12(3-5-15(13)19)11-18-14-4-6-17(21-2)16(20)10-14/h3-6,9-10,18,20H,7-8,11H2,1-2H3. The molecule has 0 aliphatic carbocycles. The van der Waals surface area contributed by atoms with Gasteiger partial charge in [0.25, 0.3) is 0 Å². The molecule has 0 unspecified atom stereocenters. The molecule has 21 heavy (non-hydrogen) atoms. The highest BCUT2D eigenvalue weighted by molar-refractivity contribution is 5.59. The van der Waals surface area contributed by atoms with E-state index in [1.165, 1.54) is 16.8 Å². The first-order valence-electron chi connectivity index (χ1n) is 7.11. The van der Waals surface area contributed by atoms with Gasteiger partial charge in [-0.2, -0.15) is 0 Å². The van der Waals surface area contributed by atoms with E-state index >= 15 is 0 Å². The van der Waals surface area contributed by atoms with Crippen molar-refractivity contribution in [2.75, 3.05) is 30.9 Å². The van der Waals surface area contributed by atoms with E-state index in [2.05, 4.69) is 35.5 Å². The average Bonchev–Trinajstić information content (AvgIpc) is 2.86. The van der Waals surface area contributed by atoms with Crippen molar-refractivity contribution >= 4 is 11.4 Å². The number of hydrogen-bond acceptors (Lipinski definition) is 4. The molecule has 1 heterocycles. The fraction of sp³-hybridized carbons (Fsp3) is 0.294. The number of rotatable bonds is 4. The first-order valence-corrected chi connectivity index (χ1v) is 7.11. The summed E-state index contributed by atoms with van der Waals surface area (Å²) in [5, 5.41) is 13.1. The first kappa shape index (κ1) is 13.6. The zero-order valence-corrected chi connectivity index (χ0v) is 12.4. The molecule has 4 nitrogen and oxygen atoms in total. The summed E-state index contributed by atoms with van der Waals surface area (Å²) >= 11 is 0. The van der Waals surface area contributed by atoms with Crippen LogP contribution in [0.5, 0.6) is 11.5 Å². The number of benzene rings is 2. The van der Waals surface area contributed by atoms with Crippen molar-refractivity contribution in [3.63, 3.8) is 0 Å². The molecule has 0 fully saturated rings. The van der Waals surface area contributed by atoms with E-state index in [9.17, 15) is 5.11 Å². The van der Waals surface area contributed by atoms with E-state index in [4.69, 9.17) is 4.74 Å². The predicted octanol–water partition coefficient (Wildman–Crippen LogP) is 3.01. The molecular weight excluding hydrogens is 264 g/mol. The number of ether oxygens (including phenoxy) is 1. The third-order valence-corrected chi connectivity index (χ3v) is 3.95. The molecule has 0 atom stereocenters. The Bertz CT molecular complexity index is 655. The zero-order valence-electron chi connectivity index (χ0n) is 12.4. The Balaban J connectivity index is 1.69. The maximum Gasteiger partial charge on any atom is 0.160 e. The van der Waals surface area contributed by atoms with Crippen molar-refractivity contribution in [1.82, 2.24) is 0 Å². The molecule has 2 N–H and O–H groups in total. The van der Waals surface area contributed by atoms with Crippen LogP contribution in [-0.4, -0.2) is 25.8 Å². The highest BCUT2D eigenvalue weighted by atomic mass is 16.5. The molecule has 2 aromatic carbocycles. The van der Waals surface area contributed by atoms with E-state index in [-0.39, 0.29) is 5.75 Å². The summed E-state index contributed by atoms with van der Waals surface area (Å²) in [6.07, 6.45) is 1.11. The number of nitrogens with zero attached hydrogens (tertiary/aromatic N) is 1. The number of aromatic hydroxyl groups is 1. The second-order valence-corrected chi connectivity index (χ2v) is 5.37. The van der Waals surface area contributed by atoms with E-state index < -0.39 is 0 Å². The quantitative estimate of drug-likeness (QED) is 0.906. The molecule has 1 aliphatic rings. The zero-order chi connectivity index (χ0) is 14.8. The molecule has 0 saturated carbocycles. The van der Waals surface area contributed by atoms with Crippen molar-refractivity contribution < 1.29 is 9.84 Å². The van der Waals surface area contributed by atoms with Gasteiger partial charge in [-0.05, 0) is 35.7 Å². The van der Waals surface area contributed by atoms with E-state index in [1.807, 2.05) is 6.07 Å². The molecule has 0 radical (unpaired) electrons. The summed E-state index contributed by atoms with van der Waals surface area (Å²) in [7, 11) is 3.67. The summed E-state index contributed by atoms with van der Waals surface area (Å²) in [5.74, 6) is 0.638. The van der Waals surface area contributed by atoms with Gasteiger partial charge in [0.15, 0.2) is 11.5 Å². The Morgan fingerprint density at radius 2 is 2.10 bits per heavy atom. The minimum Gasteiger partial charge on any atom is -0.504 e. The van der Waals surface area contributed by atoms with Gasteiger partial charge in [0.05, 0.1) is 7.11 Å². The fourth-order valence-corrected chi connectivity index (χ4v) is 2.73. The average molecular weight is 284 g/mol. The number of phenols is 1. The molecule has 1 aliphatic heterocycles. The van der Waals surface area contributed by atoms with Gasteiger partial charge in [-0.3, -0.25) is 0 Å². The van der Waals surface area contributed by atoms with Crippen LogP contribution in [0.3, 0.4) is 0 Å². The summed E-state index contributed by atoms with van der Waals surface area (Å²) in [4.78, 5) is 2.29. The maximum absolute atomic E-state index is 9.77. The lowest BCUT2D eigenvalue weighted by Gasteiger charge is -2.13. The van der Waals surface area contributed by atoms with E-state index in [0.717, 1.165) is 25.2 Å². The van der Waals surface area contributed by atoms with Crippen molar-refractivity contribution in [2.24, 2.45) is 0 Å². The third kappa shape index (κ3) is 2.75. The van der Waals surface area contributed by atoms with Crippen LogP contribution < -0.4 is 15.0 Å². The van der Waals surface area contributed by atoms with Crippen molar-refractivity contribution in [3.8, 4) is 11.5 Å². The van der Waals surface area contributed by atoms with Crippen LogP contribution >= 0.6 is 0 Å². The number of phenolic OH excluding ortho intramolecular Hbond substituents is 1. The Labute approximate surface area is 125 Å². The van der Waals surface area contributed by atoms with Gasteiger partial charge in [-0.25, -0.2) is 0 Å². The molecule has 0 spiro atoms. The van der Waals surface area contributed by atoms with Gasteiger partial charge in [-0.15, -0.1) is 0 Å². The number of hydrogen-bond donors (Lipinski definition) is 2. The lowest BCUT2D eigenvalue weighted by atomic mass is 10.1. The van der Waals surface area contributed by atoms with E-state index in [0.29, 0.717) is 5.75 Å². The Kier molecular flexibility index (Phi) is 3.60.